The van der Waals surface area contributed by atoms with Crippen LogP contribution >= 0.6 is 15.9 Å². The van der Waals surface area contributed by atoms with Crippen molar-refractivity contribution in [3.05, 3.63) is 55.1 Å². The zero-order valence-electron chi connectivity index (χ0n) is 12.8. The molecule has 0 bridgehead atoms. The Morgan fingerprint density at radius 3 is 2.50 bits per heavy atom. The molecule has 118 valence electrons. The first-order chi connectivity index (χ1) is 10.4. The van der Waals surface area contributed by atoms with E-state index in [-0.39, 0.29) is 11.4 Å². The van der Waals surface area contributed by atoms with Gasteiger partial charge in [0.15, 0.2) is 0 Å². The first kappa shape index (κ1) is 16.4. The van der Waals surface area contributed by atoms with E-state index in [0.717, 1.165) is 14.6 Å². The van der Waals surface area contributed by atoms with E-state index in [1.165, 1.54) is 11.6 Å². The van der Waals surface area contributed by atoms with Gasteiger partial charge < -0.3 is 10.6 Å². The fourth-order valence-corrected chi connectivity index (χ4v) is 2.79. The van der Waals surface area contributed by atoms with Gasteiger partial charge in [0.05, 0.1) is 0 Å². The van der Waals surface area contributed by atoms with E-state index in [2.05, 4.69) is 15.9 Å². The highest BCUT2D eigenvalue weighted by molar-refractivity contribution is 9.10. The zero-order chi connectivity index (χ0) is 16.4. The summed E-state index contributed by atoms with van der Waals surface area (Å²) in [4.78, 5) is 26.2. The lowest BCUT2D eigenvalue weighted by atomic mass is 10.2. The molecular weight excluding hydrogens is 348 g/mol. The van der Waals surface area contributed by atoms with Crippen molar-refractivity contribution in [2.45, 2.75) is 13.5 Å². The predicted molar refractivity (Wildman–Crippen MR) is 92.2 cm³/mol. The first-order valence-corrected chi connectivity index (χ1v) is 7.71. The topological polar surface area (TPSA) is 73.3 Å². The van der Waals surface area contributed by atoms with Gasteiger partial charge in [0.25, 0.3) is 5.56 Å². The van der Waals surface area contributed by atoms with Crippen LogP contribution in [-0.4, -0.2) is 15.7 Å². The molecule has 0 aliphatic heterocycles. The summed E-state index contributed by atoms with van der Waals surface area (Å²) in [5.41, 5.74) is 6.61. The number of nitrogen functional groups attached to an aromatic ring is 1. The van der Waals surface area contributed by atoms with Gasteiger partial charge in [-0.1, -0.05) is 28.1 Å². The van der Waals surface area contributed by atoms with Crippen LogP contribution in [0, 0.1) is 0 Å². The smallest absolute Gasteiger partial charge is 0.332 e. The lowest BCUT2D eigenvalue weighted by Crippen LogP contribution is -2.42. The Balaban J connectivity index is 2.53. The molecule has 0 aliphatic rings. The predicted octanol–water partition coefficient (Wildman–Crippen LogP) is 1.46. The monoisotopic (exact) mass is 366 g/mol. The molecule has 0 amide bonds. The molecular formula is C15H19BrN4O2. The Morgan fingerprint density at radius 2 is 1.91 bits per heavy atom. The van der Waals surface area contributed by atoms with E-state index in [9.17, 15) is 9.59 Å². The van der Waals surface area contributed by atoms with Gasteiger partial charge >= 0.3 is 5.69 Å². The SMILES string of the molecule is CCN(Cc1cccc(Br)c1)c1c(N)n(C)c(=O)n(C)c1=O. The van der Waals surface area contributed by atoms with Gasteiger partial charge in [0, 0.05) is 31.7 Å². The Kier molecular flexibility index (Phi) is 4.75. The van der Waals surface area contributed by atoms with Crippen LogP contribution in [0.4, 0.5) is 11.5 Å². The highest BCUT2D eigenvalue weighted by Crippen LogP contribution is 2.20. The standard InChI is InChI=1S/C15H19BrN4O2/c1-4-20(9-10-6-5-7-11(16)8-10)12-13(17)18(2)15(22)19(3)14(12)21/h5-8H,4,9,17H2,1-3H3. The van der Waals surface area contributed by atoms with Crippen LogP contribution in [0.3, 0.4) is 0 Å². The molecule has 0 spiro atoms. The molecule has 0 atom stereocenters. The molecule has 6 nitrogen and oxygen atoms in total. The Hall–Kier alpha value is -2.02. The van der Waals surface area contributed by atoms with Crippen LogP contribution in [-0.2, 0) is 20.6 Å². The van der Waals surface area contributed by atoms with E-state index >= 15 is 0 Å². The molecule has 0 unspecified atom stereocenters. The van der Waals surface area contributed by atoms with Crippen molar-refractivity contribution in [2.24, 2.45) is 14.1 Å². The normalized spacial score (nSPS) is 10.7. The second kappa shape index (κ2) is 6.39. The number of hydrogen-bond donors (Lipinski definition) is 1. The maximum absolute atomic E-state index is 12.4. The molecule has 1 aromatic heterocycles. The quantitative estimate of drug-likeness (QED) is 0.888. The molecule has 2 aromatic rings. The van der Waals surface area contributed by atoms with E-state index in [0.29, 0.717) is 18.8 Å². The first-order valence-electron chi connectivity index (χ1n) is 6.91. The number of anilines is 2. The average molecular weight is 367 g/mol. The maximum atomic E-state index is 12.4. The molecule has 0 aliphatic carbocycles. The van der Waals surface area contributed by atoms with Gasteiger partial charge in [-0.2, -0.15) is 0 Å². The summed E-state index contributed by atoms with van der Waals surface area (Å²) in [6, 6.07) is 7.86. The lowest BCUT2D eigenvalue weighted by molar-refractivity contribution is 0.680. The van der Waals surface area contributed by atoms with Crippen molar-refractivity contribution in [3.8, 4) is 0 Å². The number of rotatable bonds is 4. The lowest BCUT2D eigenvalue weighted by Gasteiger charge is -2.25. The van der Waals surface area contributed by atoms with Crippen LogP contribution in [0.15, 0.2) is 38.3 Å². The molecule has 0 radical (unpaired) electrons. The van der Waals surface area contributed by atoms with E-state index in [1.54, 1.807) is 7.05 Å². The molecule has 7 heteroatoms. The van der Waals surface area contributed by atoms with Crippen molar-refractivity contribution in [1.29, 1.82) is 0 Å². The average Bonchev–Trinajstić information content (AvgIpc) is 2.50. The van der Waals surface area contributed by atoms with Crippen LogP contribution in [0.25, 0.3) is 0 Å². The Bertz CT molecular complexity index is 810. The van der Waals surface area contributed by atoms with Gasteiger partial charge in [-0.25, -0.2) is 4.79 Å². The molecule has 0 saturated carbocycles. The number of nitrogens with zero attached hydrogens (tertiary/aromatic N) is 3. The summed E-state index contributed by atoms with van der Waals surface area (Å²) < 4.78 is 3.35. The maximum Gasteiger partial charge on any atom is 0.332 e. The highest BCUT2D eigenvalue weighted by Gasteiger charge is 2.18. The molecule has 0 saturated heterocycles. The van der Waals surface area contributed by atoms with Gasteiger partial charge in [-0.05, 0) is 24.6 Å². The number of aromatic nitrogens is 2. The van der Waals surface area contributed by atoms with Crippen molar-refractivity contribution < 1.29 is 0 Å². The third kappa shape index (κ3) is 2.94. The zero-order valence-corrected chi connectivity index (χ0v) is 14.4. The molecule has 0 fully saturated rings. The highest BCUT2D eigenvalue weighted by atomic mass is 79.9. The minimum atomic E-state index is -0.426. The van der Waals surface area contributed by atoms with Gasteiger partial charge in [0.2, 0.25) is 0 Å². The number of benzene rings is 1. The number of halogens is 1. The third-order valence-electron chi connectivity index (χ3n) is 3.65. The van der Waals surface area contributed by atoms with Crippen LogP contribution < -0.4 is 21.9 Å². The van der Waals surface area contributed by atoms with Crippen LogP contribution in [0.2, 0.25) is 0 Å². The fraction of sp³-hybridized carbons (Fsp3) is 0.333. The number of hydrogen-bond acceptors (Lipinski definition) is 4. The summed E-state index contributed by atoms with van der Waals surface area (Å²) in [6.45, 7) is 3.08. The summed E-state index contributed by atoms with van der Waals surface area (Å²) >= 11 is 3.44. The molecule has 2 N–H and O–H groups in total. The van der Waals surface area contributed by atoms with E-state index < -0.39 is 5.69 Å². The van der Waals surface area contributed by atoms with Crippen LogP contribution in [0.1, 0.15) is 12.5 Å². The van der Waals surface area contributed by atoms with Gasteiger partial charge in [-0.3, -0.25) is 13.9 Å². The van der Waals surface area contributed by atoms with Gasteiger partial charge in [-0.15, -0.1) is 0 Å². The second-order valence-corrected chi connectivity index (χ2v) is 6.00. The van der Waals surface area contributed by atoms with E-state index in [1.807, 2.05) is 36.1 Å². The summed E-state index contributed by atoms with van der Waals surface area (Å²) in [6.07, 6.45) is 0. The van der Waals surface area contributed by atoms with Crippen molar-refractivity contribution in [1.82, 2.24) is 9.13 Å². The van der Waals surface area contributed by atoms with Crippen molar-refractivity contribution in [3.63, 3.8) is 0 Å². The van der Waals surface area contributed by atoms with Gasteiger partial charge in [0.1, 0.15) is 11.5 Å². The van der Waals surface area contributed by atoms with Crippen LogP contribution in [0.5, 0.6) is 0 Å². The van der Waals surface area contributed by atoms with Crippen molar-refractivity contribution in [2.75, 3.05) is 17.2 Å². The summed E-state index contributed by atoms with van der Waals surface area (Å²) in [7, 11) is 3.02. The third-order valence-corrected chi connectivity index (χ3v) is 4.14. The molecule has 1 heterocycles. The van der Waals surface area contributed by atoms with E-state index in [4.69, 9.17) is 5.73 Å². The summed E-state index contributed by atoms with van der Waals surface area (Å²) in [5.74, 6) is 0.185. The second-order valence-electron chi connectivity index (χ2n) is 5.08. The minimum absolute atomic E-state index is 0.185. The Labute approximate surface area is 136 Å². The largest absolute Gasteiger partial charge is 0.383 e. The summed E-state index contributed by atoms with van der Waals surface area (Å²) in [5, 5.41) is 0. The number of nitrogens with two attached hydrogens (primary N) is 1. The molecule has 22 heavy (non-hydrogen) atoms. The Morgan fingerprint density at radius 1 is 1.23 bits per heavy atom. The molecule has 1 aromatic carbocycles. The molecule has 2 rings (SSSR count). The van der Waals surface area contributed by atoms with Crippen molar-refractivity contribution >= 4 is 27.4 Å². The minimum Gasteiger partial charge on any atom is -0.383 e. The fourth-order valence-electron chi connectivity index (χ4n) is 2.34.